The third-order valence-electron chi connectivity index (χ3n) is 3.05. The normalized spacial score (nSPS) is 12.4. The van der Waals surface area contributed by atoms with E-state index in [-0.39, 0.29) is 0 Å². The fourth-order valence-electron chi connectivity index (χ4n) is 1.96. The van der Waals surface area contributed by atoms with Gasteiger partial charge in [-0.05, 0) is 35.2 Å². The maximum atomic E-state index is 10.3. The molecule has 2 rings (SSSR count). The number of ether oxygens (including phenoxy) is 1. The van der Waals surface area contributed by atoms with E-state index in [0.717, 1.165) is 22.0 Å². The highest BCUT2D eigenvalue weighted by molar-refractivity contribution is 9.10. The number of methoxy groups -OCH3 is 1. The summed E-state index contributed by atoms with van der Waals surface area (Å²) in [6, 6.07) is 15.7. The highest BCUT2D eigenvalue weighted by Crippen LogP contribution is 2.24. The maximum Gasteiger partial charge on any atom is 0.104 e. The molecule has 2 nitrogen and oxygen atoms in total. The van der Waals surface area contributed by atoms with Gasteiger partial charge in [0.1, 0.15) is 6.10 Å². The van der Waals surface area contributed by atoms with Crippen molar-refractivity contribution in [1.82, 2.24) is 0 Å². The number of hydrogen-bond donors (Lipinski definition) is 1. The van der Waals surface area contributed by atoms with Crippen molar-refractivity contribution in [2.75, 3.05) is 13.7 Å². The third kappa shape index (κ3) is 3.90. The Morgan fingerprint density at radius 3 is 2.47 bits per heavy atom. The molecule has 0 bridgehead atoms. The Hall–Kier alpha value is -1.16. The molecule has 100 valence electrons. The Morgan fingerprint density at radius 1 is 1.11 bits per heavy atom. The number of rotatable bonds is 5. The summed E-state index contributed by atoms with van der Waals surface area (Å²) in [7, 11) is 1.70. The number of halogens is 1. The van der Waals surface area contributed by atoms with E-state index < -0.39 is 6.10 Å². The van der Waals surface area contributed by atoms with Crippen molar-refractivity contribution in [1.29, 1.82) is 0 Å². The minimum absolute atomic E-state index is 0.589. The predicted molar refractivity (Wildman–Crippen MR) is 80.2 cm³/mol. The van der Waals surface area contributed by atoms with E-state index in [1.54, 1.807) is 7.11 Å². The molecule has 1 N–H and O–H groups in total. The molecule has 0 aliphatic rings. The predicted octanol–water partition coefficient (Wildman–Crippen LogP) is 3.72. The lowest BCUT2D eigenvalue weighted by atomic mass is 10.00. The second-order valence-electron chi connectivity index (χ2n) is 4.44. The molecule has 0 fully saturated rings. The molecular formula is C16H17BrO2. The van der Waals surface area contributed by atoms with Crippen molar-refractivity contribution in [2.45, 2.75) is 12.5 Å². The van der Waals surface area contributed by atoms with E-state index in [1.165, 1.54) is 5.56 Å². The summed E-state index contributed by atoms with van der Waals surface area (Å²) >= 11 is 3.42. The van der Waals surface area contributed by atoms with Crippen LogP contribution in [0.1, 0.15) is 22.8 Å². The van der Waals surface area contributed by atoms with E-state index in [9.17, 15) is 5.11 Å². The van der Waals surface area contributed by atoms with Crippen LogP contribution in [-0.2, 0) is 11.2 Å². The summed E-state index contributed by atoms with van der Waals surface area (Å²) in [5, 5.41) is 10.3. The molecule has 2 aromatic rings. The SMILES string of the molecule is COCCc1ccc(C(O)c2cccc(Br)c2)cc1. The lowest BCUT2D eigenvalue weighted by Gasteiger charge is -2.12. The second-order valence-corrected chi connectivity index (χ2v) is 5.36. The molecule has 0 aromatic heterocycles. The number of benzene rings is 2. The largest absolute Gasteiger partial charge is 0.384 e. The Bertz CT molecular complexity index is 523. The topological polar surface area (TPSA) is 29.5 Å². The summed E-state index contributed by atoms with van der Waals surface area (Å²) in [5.74, 6) is 0. The van der Waals surface area contributed by atoms with Crippen LogP contribution in [0.4, 0.5) is 0 Å². The standard InChI is InChI=1S/C16H17BrO2/c1-19-10-9-12-5-7-13(8-6-12)16(18)14-3-2-4-15(17)11-14/h2-8,11,16,18H,9-10H2,1H3. The van der Waals surface area contributed by atoms with Gasteiger partial charge in [-0.25, -0.2) is 0 Å². The van der Waals surface area contributed by atoms with Crippen LogP contribution in [-0.4, -0.2) is 18.8 Å². The first-order valence-corrected chi connectivity index (χ1v) is 7.01. The molecule has 0 spiro atoms. The lowest BCUT2D eigenvalue weighted by Crippen LogP contribution is -2.00. The van der Waals surface area contributed by atoms with E-state index in [4.69, 9.17) is 4.74 Å². The van der Waals surface area contributed by atoms with Gasteiger partial charge >= 0.3 is 0 Å². The van der Waals surface area contributed by atoms with Gasteiger partial charge in [-0.15, -0.1) is 0 Å². The second kappa shape index (κ2) is 6.85. The van der Waals surface area contributed by atoms with Gasteiger partial charge in [-0.3, -0.25) is 0 Å². The summed E-state index contributed by atoms with van der Waals surface area (Å²) in [6.45, 7) is 0.716. The van der Waals surface area contributed by atoms with Crippen molar-refractivity contribution in [3.05, 3.63) is 69.7 Å². The van der Waals surface area contributed by atoms with Gasteiger partial charge in [-0.1, -0.05) is 52.3 Å². The molecule has 0 radical (unpaired) electrons. The van der Waals surface area contributed by atoms with Crippen LogP contribution in [0.3, 0.4) is 0 Å². The lowest BCUT2D eigenvalue weighted by molar-refractivity contribution is 0.202. The zero-order chi connectivity index (χ0) is 13.7. The first-order chi connectivity index (χ1) is 9.20. The number of aliphatic hydroxyl groups excluding tert-OH is 1. The summed E-state index contributed by atoms with van der Waals surface area (Å²) < 4.78 is 6.02. The Labute approximate surface area is 122 Å². The van der Waals surface area contributed by atoms with Crippen LogP contribution in [0.5, 0.6) is 0 Å². The summed E-state index contributed by atoms with van der Waals surface area (Å²) in [4.78, 5) is 0. The van der Waals surface area contributed by atoms with Gasteiger partial charge in [0.25, 0.3) is 0 Å². The molecule has 1 atom stereocenters. The van der Waals surface area contributed by atoms with Crippen molar-refractivity contribution < 1.29 is 9.84 Å². The minimum atomic E-state index is -0.589. The van der Waals surface area contributed by atoms with Crippen molar-refractivity contribution in [3.8, 4) is 0 Å². The van der Waals surface area contributed by atoms with E-state index >= 15 is 0 Å². The van der Waals surface area contributed by atoms with Gasteiger partial charge in [-0.2, -0.15) is 0 Å². The zero-order valence-electron chi connectivity index (χ0n) is 10.8. The van der Waals surface area contributed by atoms with E-state index in [0.29, 0.717) is 6.61 Å². The molecule has 0 heterocycles. The smallest absolute Gasteiger partial charge is 0.104 e. The van der Waals surface area contributed by atoms with Crippen LogP contribution in [0, 0.1) is 0 Å². The number of aliphatic hydroxyl groups is 1. The van der Waals surface area contributed by atoms with Crippen LogP contribution >= 0.6 is 15.9 Å². The highest BCUT2D eigenvalue weighted by atomic mass is 79.9. The zero-order valence-corrected chi connectivity index (χ0v) is 12.4. The Kier molecular flexibility index (Phi) is 5.14. The minimum Gasteiger partial charge on any atom is -0.384 e. The molecule has 2 aromatic carbocycles. The van der Waals surface area contributed by atoms with Gasteiger partial charge < -0.3 is 9.84 Å². The number of hydrogen-bond acceptors (Lipinski definition) is 2. The third-order valence-corrected chi connectivity index (χ3v) is 3.55. The van der Waals surface area contributed by atoms with Gasteiger partial charge in [0.15, 0.2) is 0 Å². The average molecular weight is 321 g/mol. The highest BCUT2D eigenvalue weighted by Gasteiger charge is 2.10. The van der Waals surface area contributed by atoms with Crippen LogP contribution < -0.4 is 0 Å². The van der Waals surface area contributed by atoms with Crippen LogP contribution in [0.2, 0.25) is 0 Å². The monoisotopic (exact) mass is 320 g/mol. The molecule has 1 unspecified atom stereocenters. The average Bonchev–Trinajstić information content (AvgIpc) is 2.45. The van der Waals surface area contributed by atoms with E-state index in [2.05, 4.69) is 15.9 Å². The quantitative estimate of drug-likeness (QED) is 0.909. The van der Waals surface area contributed by atoms with Crippen molar-refractivity contribution >= 4 is 15.9 Å². The van der Waals surface area contributed by atoms with Gasteiger partial charge in [0.05, 0.1) is 6.61 Å². The first-order valence-electron chi connectivity index (χ1n) is 6.22. The first kappa shape index (κ1) is 14.3. The molecule has 0 aliphatic carbocycles. The van der Waals surface area contributed by atoms with Gasteiger partial charge in [0.2, 0.25) is 0 Å². The van der Waals surface area contributed by atoms with E-state index in [1.807, 2.05) is 48.5 Å². The van der Waals surface area contributed by atoms with Crippen molar-refractivity contribution in [3.63, 3.8) is 0 Å². The Balaban J connectivity index is 2.13. The fourth-order valence-corrected chi connectivity index (χ4v) is 2.37. The molecule has 0 saturated carbocycles. The van der Waals surface area contributed by atoms with Crippen molar-refractivity contribution in [2.24, 2.45) is 0 Å². The molecule has 3 heteroatoms. The molecule has 19 heavy (non-hydrogen) atoms. The fraction of sp³-hybridized carbons (Fsp3) is 0.250. The molecule has 0 saturated heterocycles. The molecule has 0 aliphatic heterocycles. The summed E-state index contributed by atoms with van der Waals surface area (Å²) in [6.07, 6.45) is 0.304. The molecular weight excluding hydrogens is 304 g/mol. The summed E-state index contributed by atoms with van der Waals surface area (Å²) in [5.41, 5.74) is 3.00. The maximum absolute atomic E-state index is 10.3. The molecule has 0 amide bonds. The van der Waals surface area contributed by atoms with Crippen LogP contribution in [0.15, 0.2) is 53.0 Å². The van der Waals surface area contributed by atoms with Crippen LogP contribution in [0.25, 0.3) is 0 Å². The Morgan fingerprint density at radius 2 is 1.84 bits per heavy atom. The van der Waals surface area contributed by atoms with Gasteiger partial charge in [0, 0.05) is 11.6 Å².